The maximum absolute atomic E-state index is 11.8. The van der Waals surface area contributed by atoms with Gasteiger partial charge >= 0.3 is 0 Å². The van der Waals surface area contributed by atoms with Crippen LogP contribution < -0.4 is 5.32 Å². The Morgan fingerprint density at radius 2 is 2.05 bits per heavy atom. The van der Waals surface area contributed by atoms with Crippen LogP contribution in [0.25, 0.3) is 0 Å². The summed E-state index contributed by atoms with van der Waals surface area (Å²) in [5, 5.41) is 6.69. The van der Waals surface area contributed by atoms with E-state index < -0.39 is 5.91 Å². The van der Waals surface area contributed by atoms with Crippen LogP contribution in [-0.2, 0) is 5.41 Å². The molecule has 2 heterocycles. The van der Waals surface area contributed by atoms with Gasteiger partial charge < -0.3 is 4.52 Å². The van der Waals surface area contributed by atoms with Crippen LogP contribution >= 0.6 is 11.6 Å². The van der Waals surface area contributed by atoms with Crippen LogP contribution in [0.1, 0.15) is 37.0 Å². The molecular formula is C12H13ClN4O2. The van der Waals surface area contributed by atoms with Gasteiger partial charge in [0.25, 0.3) is 5.91 Å². The minimum Gasteiger partial charge on any atom is -0.338 e. The molecule has 1 N–H and O–H groups in total. The molecule has 0 unspecified atom stereocenters. The highest BCUT2D eigenvalue weighted by Crippen LogP contribution is 2.23. The summed E-state index contributed by atoms with van der Waals surface area (Å²) in [6.45, 7) is 6.00. The highest BCUT2D eigenvalue weighted by atomic mass is 35.5. The molecule has 2 rings (SSSR count). The molecule has 7 heteroatoms. The minimum atomic E-state index is -0.430. The Kier molecular flexibility index (Phi) is 3.53. The first-order valence-electron chi connectivity index (χ1n) is 5.62. The number of carbonyl (C=O) groups is 1. The SMILES string of the molecule is CC(C)(C)c1cc(NC(=O)c2cnc(Cl)cn2)on1. The number of nitrogens with zero attached hydrogens (tertiary/aromatic N) is 3. The van der Waals surface area contributed by atoms with Gasteiger partial charge in [0.05, 0.1) is 18.1 Å². The predicted octanol–water partition coefficient (Wildman–Crippen LogP) is 2.67. The van der Waals surface area contributed by atoms with Gasteiger partial charge in [-0.2, -0.15) is 0 Å². The summed E-state index contributed by atoms with van der Waals surface area (Å²) in [4.78, 5) is 19.5. The van der Waals surface area contributed by atoms with Crippen LogP contribution in [0.2, 0.25) is 5.15 Å². The second-order valence-electron chi connectivity index (χ2n) is 5.00. The average Bonchev–Trinajstić information content (AvgIpc) is 2.78. The van der Waals surface area contributed by atoms with E-state index in [2.05, 4.69) is 20.4 Å². The van der Waals surface area contributed by atoms with Crippen molar-refractivity contribution in [3.05, 3.63) is 35.0 Å². The van der Waals surface area contributed by atoms with E-state index in [9.17, 15) is 4.79 Å². The number of aromatic nitrogens is 3. The number of amides is 1. The molecule has 6 nitrogen and oxygen atoms in total. The standard InChI is InChI=1S/C12H13ClN4O2/c1-12(2,3)8-4-10(19-17-8)16-11(18)7-5-15-9(13)6-14-7/h4-6H,1-3H3,(H,16,18). The molecule has 0 atom stereocenters. The monoisotopic (exact) mass is 280 g/mol. The van der Waals surface area contributed by atoms with Crippen LogP contribution in [0.5, 0.6) is 0 Å². The first-order valence-corrected chi connectivity index (χ1v) is 6.00. The van der Waals surface area contributed by atoms with E-state index in [0.717, 1.165) is 5.69 Å². The molecule has 0 saturated heterocycles. The van der Waals surface area contributed by atoms with E-state index in [1.54, 1.807) is 6.07 Å². The third kappa shape index (κ3) is 3.29. The van der Waals surface area contributed by atoms with Crippen molar-refractivity contribution in [1.82, 2.24) is 15.1 Å². The molecule has 0 saturated carbocycles. The normalized spacial score (nSPS) is 11.4. The molecule has 0 aliphatic carbocycles. The summed E-state index contributed by atoms with van der Waals surface area (Å²) in [6, 6.07) is 1.68. The minimum absolute atomic E-state index is 0.146. The van der Waals surface area contributed by atoms with E-state index in [1.165, 1.54) is 12.4 Å². The Bertz CT molecular complexity index is 587. The number of hydrogen-bond acceptors (Lipinski definition) is 5. The molecule has 0 aliphatic heterocycles. The van der Waals surface area contributed by atoms with Crippen LogP contribution in [0, 0.1) is 0 Å². The zero-order chi connectivity index (χ0) is 14.0. The van der Waals surface area contributed by atoms with Gasteiger partial charge in [0.1, 0.15) is 10.8 Å². The van der Waals surface area contributed by atoms with E-state index in [4.69, 9.17) is 16.1 Å². The van der Waals surface area contributed by atoms with E-state index >= 15 is 0 Å². The second-order valence-corrected chi connectivity index (χ2v) is 5.39. The highest BCUT2D eigenvalue weighted by Gasteiger charge is 2.20. The lowest BCUT2D eigenvalue weighted by atomic mass is 9.92. The van der Waals surface area contributed by atoms with Gasteiger partial charge in [-0.3, -0.25) is 10.1 Å². The third-order valence-corrected chi connectivity index (χ3v) is 2.56. The van der Waals surface area contributed by atoms with Gasteiger partial charge in [0, 0.05) is 11.5 Å². The van der Waals surface area contributed by atoms with Crippen LogP contribution in [0.4, 0.5) is 5.88 Å². The Balaban J connectivity index is 2.11. The second kappa shape index (κ2) is 4.97. The Labute approximate surface area is 115 Å². The van der Waals surface area contributed by atoms with Gasteiger partial charge in [0.15, 0.2) is 0 Å². The van der Waals surface area contributed by atoms with Crippen molar-refractivity contribution in [2.45, 2.75) is 26.2 Å². The molecule has 0 fully saturated rings. The fourth-order valence-corrected chi connectivity index (χ4v) is 1.39. The Morgan fingerprint density at radius 1 is 1.32 bits per heavy atom. The fourth-order valence-electron chi connectivity index (χ4n) is 1.29. The summed E-state index contributed by atoms with van der Waals surface area (Å²) < 4.78 is 5.05. The van der Waals surface area contributed by atoms with Gasteiger partial charge in [-0.25, -0.2) is 9.97 Å². The van der Waals surface area contributed by atoms with Crippen LogP contribution in [0.15, 0.2) is 23.0 Å². The number of carbonyl (C=O) groups excluding carboxylic acids is 1. The van der Waals surface area contributed by atoms with Crippen molar-refractivity contribution in [1.29, 1.82) is 0 Å². The Hall–Kier alpha value is -1.95. The number of hydrogen-bond donors (Lipinski definition) is 1. The topological polar surface area (TPSA) is 80.9 Å². The maximum Gasteiger partial charge on any atom is 0.278 e. The van der Waals surface area contributed by atoms with Crippen molar-refractivity contribution >= 4 is 23.4 Å². The van der Waals surface area contributed by atoms with Crippen molar-refractivity contribution in [2.75, 3.05) is 5.32 Å². The molecule has 1 amide bonds. The van der Waals surface area contributed by atoms with Gasteiger partial charge in [-0.1, -0.05) is 37.5 Å². The molecule has 2 aromatic heterocycles. The summed E-state index contributed by atoms with van der Waals surface area (Å²) >= 11 is 5.60. The number of rotatable bonds is 2. The average molecular weight is 281 g/mol. The molecule has 100 valence electrons. The maximum atomic E-state index is 11.8. The predicted molar refractivity (Wildman–Crippen MR) is 70.2 cm³/mol. The van der Waals surface area contributed by atoms with Crippen molar-refractivity contribution in [3.63, 3.8) is 0 Å². The first-order chi connectivity index (χ1) is 8.86. The number of halogens is 1. The van der Waals surface area contributed by atoms with E-state index in [0.29, 0.717) is 0 Å². The Morgan fingerprint density at radius 3 is 2.58 bits per heavy atom. The smallest absolute Gasteiger partial charge is 0.278 e. The number of anilines is 1. The van der Waals surface area contributed by atoms with Crippen LogP contribution in [-0.4, -0.2) is 21.0 Å². The zero-order valence-electron chi connectivity index (χ0n) is 10.8. The largest absolute Gasteiger partial charge is 0.338 e. The van der Waals surface area contributed by atoms with Crippen molar-refractivity contribution < 1.29 is 9.32 Å². The lowest BCUT2D eigenvalue weighted by Crippen LogP contribution is -2.14. The quantitative estimate of drug-likeness (QED) is 0.914. The van der Waals surface area contributed by atoms with E-state index in [1.807, 2.05) is 20.8 Å². The molecule has 2 aromatic rings. The molecule has 0 bridgehead atoms. The zero-order valence-corrected chi connectivity index (χ0v) is 11.5. The van der Waals surface area contributed by atoms with Gasteiger partial charge in [0.2, 0.25) is 5.88 Å². The molecule has 19 heavy (non-hydrogen) atoms. The summed E-state index contributed by atoms with van der Waals surface area (Å²) in [7, 11) is 0. The fraction of sp³-hybridized carbons (Fsp3) is 0.333. The first kappa shape index (κ1) is 13.5. The molecule has 0 aliphatic rings. The highest BCUT2D eigenvalue weighted by molar-refractivity contribution is 6.29. The number of nitrogens with one attached hydrogen (secondary N) is 1. The molecule has 0 aromatic carbocycles. The summed E-state index contributed by atoms with van der Waals surface area (Å²) in [5.41, 5.74) is 0.759. The summed E-state index contributed by atoms with van der Waals surface area (Å²) in [6.07, 6.45) is 2.59. The van der Waals surface area contributed by atoms with Gasteiger partial charge in [-0.15, -0.1) is 0 Å². The summed E-state index contributed by atoms with van der Waals surface area (Å²) in [5.74, 6) is -0.160. The van der Waals surface area contributed by atoms with Crippen molar-refractivity contribution in [3.8, 4) is 0 Å². The van der Waals surface area contributed by atoms with Crippen LogP contribution in [0.3, 0.4) is 0 Å². The molecule has 0 spiro atoms. The molecule has 0 radical (unpaired) electrons. The lowest BCUT2D eigenvalue weighted by Gasteiger charge is -2.12. The molecular weight excluding hydrogens is 268 g/mol. The lowest BCUT2D eigenvalue weighted by molar-refractivity contribution is 0.101. The van der Waals surface area contributed by atoms with E-state index in [-0.39, 0.29) is 22.1 Å². The third-order valence-electron chi connectivity index (χ3n) is 2.37. The van der Waals surface area contributed by atoms with Gasteiger partial charge in [-0.05, 0) is 0 Å². The van der Waals surface area contributed by atoms with Crippen molar-refractivity contribution in [2.24, 2.45) is 0 Å².